The van der Waals surface area contributed by atoms with Gasteiger partial charge in [0.05, 0.1) is 0 Å². The Morgan fingerprint density at radius 2 is 0.488 bits per heavy atom. The normalized spacial score (nSPS) is 11.6. The van der Waals surface area contributed by atoms with Crippen LogP contribution in [0.5, 0.6) is 0 Å². The van der Waals surface area contributed by atoms with Crippen LogP contribution in [0.25, 0.3) is 65.3 Å². The van der Waals surface area contributed by atoms with Gasteiger partial charge in [0.2, 0.25) is 0 Å². The average molecular weight is 634 g/mol. The molecule has 0 saturated carbocycles. The molecule has 0 aliphatic rings. The topological polar surface area (TPSA) is 0 Å². The number of rotatable bonds is 4. The van der Waals surface area contributed by atoms with Crippen molar-refractivity contribution in [2.45, 2.75) is 0 Å². The first-order valence-corrected chi connectivity index (χ1v) is 16.2. The van der Waals surface area contributed by atoms with Crippen LogP contribution in [0.15, 0.2) is 158 Å². The van der Waals surface area contributed by atoms with E-state index in [-0.39, 0.29) is 0 Å². The van der Waals surface area contributed by atoms with Gasteiger partial charge in [0.25, 0.3) is 0 Å². The first-order valence-electron chi connectivity index (χ1n) is 14.0. The maximum absolute atomic E-state index is 2.34. The molecule has 0 heterocycles. The minimum atomic E-state index is -0.546. The van der Waals surface area contributed by atoms with E-state index in [0.717, 1.165) is 0 Å². The Morgan fingerprint density at radius 1 is 0.244 bits per heavy atom. The molecule has 0 aromatic heterocycles. The molecule has 8 aromatic carbocycles. The van der Waals surface area contributed by atoms with Crippen molar-refractivity contribution in [2.24, 2.45) is 0 Å². The van der Waals surface area contributed by atoms with Gasteiger partial charge in [0, 0.05) is 0 Å². The molecular weight excluding hydrogens is 607 g/mol. The van der Waals surface area contributed by atoms with Crippen molar-refractivity contribution in [3.05, 3.63) is 165 Å². The van der Waals surface area contributed by atoms with Gasteiger partial charge in [-0.1, -0.05) is 0 Å². The molecular formula is C40H26I-. The molecule has 0 bridgehead atoms. The van der Waals surface area contributed by atoms with Gasteiger partial charge in [-0.3, -0.25) is 0 Å². The van der Waals surface area contributed by atoms with Gasteiger partial charge in [-0.05, 0) is 0 Å². The SMILES string of the molecule is c1ccc(-c2c3ccccc3c([I-]c3c4ccccc4c(-c4ccccc4)c4ccccc34)c3ccccc23)cc1. The van der Waals surface area contributed by atoms with Crippen LogP contribution in [-0.2, 0) is 0 Å². The van der Waals surface area contributed by atoms with Crippen LogP contribution in [0, 0.1) is 7.14 Å². The van der Waals surface area contributed by atoms with E-state index in [1.54, 1.807) is 0 Å². The van der Waals surface area contributed by atoms with Crippen molar-refractivity contribution < 1.29 is 21.2 Å². The van der Waals surface area contributed by atoms with E-state index in [4.69, 9.17) is 0 Å². The second-order valence-electron chi connectivity index (χ2n) is 10.4. The molecule has 194 valence electrons. The monoisotopic (exact) mass is 633 g/mol. The maximum atomic E-state index is 2.34. The third-order valence-corrected chi connectivity index (χ3v) is 11.4. The van der Waals surface area contributed by atoms with Crippen molar-refractivity contribution in [3.63, 3.8) is 0 Å². The summed E-state index contributed by atoms with van der Waals surface area (Å²) in [5.41, 5.74) is 5.21. The van der Waals surface area contributed by atoms with E-state index < -0.39 is 21.2 Å². The summed E-state index contributed by atoms with van der Waals surface area (Å²) in [6.07, 6.45) is 0. The van der Waals surface area contributed by atoms with E-state index in [2.05, 4.69) is 158 Å². The molecule has 1 heteroatoms. The Kier molecular flexibility index (Phi) is 6.04. The molecule has 0 nitrogen and oxygen atoms in total. The molecule has 0 unspecified atom stereocenters. The number of hydrogen-bond acceptors (Lipinski definition) is 0. The van der Waals surface area contributed by atoms with E-state index in [9.17, 15) is 0 Å². The molecule has 41 heavy (non-hydrogen) atoms. The Bertz CT molecular complexity index is 1940. The molecule has 0 atom stereocenters. The first kappa shape index (κ1) is 24.3. The molecule has 8 aromatic rings. The fourth-order valence-corrected chi connectivity index (χ4v) is 9.86. The Morgan fingerprint density at radius 3 is 0.780 bits per heavy atom. The van der Waals surface area contributed by atoms with Crippen LogP contribution in [0.4, 0.5) is 0 Å². The summed E-state index contributed by atoms with van der Waals surface area (Å²) in [4.78, 5) is 0. The van der Waals surface area contributed by atoms with Crippen molar-refractivity contribution in [2.75, 3.05) is 0 Å². The van der Waals surface area contributed by atoms with Crippen LogP contribution in [-0.4, -0.2) is 0 Å². The van der Waals surface area contributed by atoms with Crippen LogP contribution < -0.4 is 21.2 Å². The summed E-state index contributed by atoms with van der Waals surface area (Å²) in [6.45, 7) is 0. The molecule has 8 rings (SSSR count). The van der Waals surface area contributed by atoms with E-state index >= 15 is 0 Å². The molecule has 0 radical (unpaired) electrons. The van der Waals surface area contributed by atoms with Gasteiger partial charge in [-0.25, -0.2) is 0 Å². The molecule has 0 N–H and O–H groups in total. The Labute approximate surface area is 250 Å². The quantitative estimate of drug-likeness (QED) is 0.137. The van der Waals surface area contributed by atoms with Crippen molar-refractivity contribution in [3.8, 4) is 22.3 Å². The fourth-order valence-electron chi connectivity index (χ4n) is 6.28. The predicted molar refractivity (Wildman–Crippen MR) is 171 cm³/mol. The van der Waals surface area contributed by atoms with E-state index in [0.29, 0.717) is 0 Å². The Balaban J connectivity index is 1.47. The standard InChI is InChI=1S/C40H26I/c1-3-15-27(16-4-1)37-29-19-7-11-23-33(29)39(34-24-12-8-20-30(34)37)41-40-35-25-13-9-21-31(35)38(28-17-5-2-6-18-28)32-22-10-14-26-36(32)40/h1-26H/q-1. The van der Waals surface area contributed by atoms with Crippen LogP contribution in [0.2, 0.25) is 0 Å². The Hall–Kier alpha value is -4.47. The first-order chi connectivity index (χ1) is 20.4. The number of halogens is 1. The third kappa shape index (κ3) is 4.03. The molecule has 0 aliphatic carbocycles. The second kappa shape index (κ2) is 10.2. The third-order valence-electron chi connectivity index (χ3n) is 8.05. The van der Waals surface area contributed by atoms with Crippen LogP contribution >= 0.6 is 0 Å². The number of hydrogen-bond donors (Lipinski definition) is 0. The molecule has 0 fully saturated rings. The van der Waals surface area contributed by atoms with Crippen LogP contribution in [0.3, 0.4) is 0 Å². The van der Waals surface area contributed by atoms with Gasteiger partial charge in [-0.2, -0.15) is 0 Å². The minimum absolute atomic E-state index is 0.546. The summed E-state index contributed by atoms with van der Waals surface area (Å²) in [5.74, 6) is 0. The van der Waals surface area contributed by atoms with E-state index in [1.165, 1.54) is 72.5 Å². The van der Waals surface area contributed by atoms with Crippen LogP contribution in [0.1, 0.15) is 0 Å². The van der Waals surface area contributed by atoms with E-state index in [1.807, 2.05) is 0 Å². The van der Waals surface area contributed by atoms with Gasteiger partial charge in [-0.15, -0.1) is 0 Å². The van der Waals surface area contributed by atoms with Gasteiger partial charge >= 0.3 is 251 Å². The summed E-state index contributed by atoms with van der Waals surface area (Å²) in [5, 5.41) is 10.8. The predicted octanol–water partition coefficient (Wildman–Crippen LogP) is 7.76. The molecule has 0 aliphatic heterocycles. The van der Waals surface area contributed by atoms with Crippen molar-refractivity contribution in [1.82, 2.24) is 0 Å². The van der Waals surface area contributed by atoms with Crippen molar-refractivity contribution in [1.29, 1.82) is 0 Å². The average Bonchev–Trinajstić information content (AvgIpc) is 3.05. The van der Waals surface area contributed by atoms with Gasteiger partial charge in [0.15, 0.2) is 0 Å². The number of benzene rings is 8. The summed E-state index contributed by atoms with van der Waals surface area (Å²) < 4.78 is 3.00. The molecule has 0 spiro atoms. The second-order valence-corrected chi connectivity index (χ2v) is 13.1. The summed E-state index contributed by atoms with van der Waals surface area (Å²) in [7, 11) is 0. The number of fused-ring (bicyclic) bond motifs is 4. The van der Waals surface area contributed by atoms with Gasteiger partial charge in [0.1, 0.15) is 0 Å². The zero-order chi connectivity index (χ0) is 27.2. The van der Waals surface area contributed by atoms with Gasteiger partial charge < -0.3 is 0 Å². The summed E-state index contributed by atoms with van der Waals surface area (Å²) >= 11 is -0.546. The molecule has 0 amide bonds. The zero-order valence-electron chi connectivity index (χ0n) is 22.4. The summed E-state index contributed by atoms with van der Waals surface area (Å²) in [6, 6.07) is 57.9. The zero-order valence-corrected chi connectivity index (χ0v) is 24.5. The fraction of sp³-hybridized carbons (Fsp3) is 0. The van der Waals surface area contributed by atoms with Crippen molar-refractivity contribution >= 4 is 43.1 Å². The molecule has 0 saturated heterocycles.